The minimum Gasteiger partial charge on any atom is -0.550 e. The molecule has 0 aromatic carbocycles. The Bertz CT molecular complexity index is 341. The highest BCUT2D eigenvalue weighted by Crippen LogP contribution is 2.30. The van der Waals surface area contributed by atoms with Crippen LogP contribution in [0.1, 0.15) is 12.8 Å². The number of hydrogen-bond acceptors (Lipinski definition) is 6. The van der Waals surface area contributed by atoms with E-state index in [0.29, 0.717) is 0 Å². The Balaban J connectivity index is 2.74. The molecule has 1 fully saturated rings. The van der Waals surface area contributed by atoms with Crippen LogP contribution in [0.5, 0.6) is 0 Å². The first-order valence-corrected chi connectivity index (χ1v) is 6.22. The minimum atomic E-state index is -3.32. The number of carbonyl (C=O) groups is 2. The van der Waals surface area contributed by atoms with Gasteiger partial charge >= 0.3 is 0 Å². The number of aliphatic carboxylic acids is 2. The standard InChI is InChI=1S/C8H12O6S/c9-7(10)1-5-3-15(13,14)4-6(5)2-8(11)12/h5-6H,1-4H2,(H,9,10)(H,11,12)/p-2/t5-,6+. The molecule has 0 aliphatic carbocycles. The Morgan fingerprint density at radius 1 is 1.00 bits per heavy atom. The maximum absolute atomic E-state index is 11.2. The summed E-state index contributed by atoms with van der Waals surface area (Å²) < 4.78 is 22.4. The van der Waals surface area contributed by atoms with E-state index in [2.05, 4.69) is 0 Å². The van der Waals surface area contributed by atoms with E-state index in [4.69, 9.17) is 0 Å². The number of carbonyl (C=O) groups excluding carboxylic acids is 2. The Labute approximate surface area is 86.8 Å². The van der Waals surface area contributed by atoms with Gasteiger partial charge in [0.15, 0.2) is 9.84 Å². The van der Waals surface area contributed by atoms with E-state index >= 15 is 0 Å². The van der Waals surface area contributed by atoms with Crippen LogP contribution in [0.2, 0.25) is 0 Å². The van der Waals surface area contributed by atoms with Gasteiger partial charge in [-0.25, -0.2) is 8.42 Å². The highest BCUT2D eigenvalue weighted by molar-refractivity contribution is 7.91. The molecule has 0 unspecified atom stereocenters. The van der Waals surface area contributed by atoms with Crippen LogP contribution in [0.4, 0.5) is 0 Å². The fraction of sp³-hybridized carbons (Fsp3) is 0.750. The Morgan fingerprint density at radius 2 is 1.33 bits per heavy atom. The smallest absolute Gasteiger partial charge is 0.150 e. The van der Waals surface area contributed by atoms with Crippen molar-refractivity contribution in [2.75, 3.05) is 11.5 Å². The van der Waals surface area contributed by atoms with Gasteiger partial charge in [0.2, 0.25) is 0 Å². The molecule has 7 heteroatoms. The van der Waals surface area contributed by atoms with Crippen molar-refractivity contribution in [3.8, 4) is 0 Å². The van der Waals surface area contributed by atoms with Crippen LogP contribution in [0.15, 0.2) is 0 Å². The SMILES string of the molecule is O=C([O-])C[C@@H]1CS(=O)(=O)C[C@@H]1CC(=O)[O-]. The zero-order chi connectivity index (χ0) is 11.6. The molecule has 6 nitrogen and oxygen atoms in total. The Kier molecular flexibility index (Phi) is 3.33. The predicted molar refractivity (Wildman–Crippen MR) is 44.9 cm³/mol. The molecule has 0 bridgehead atoms. The zero-order valence-corrected chi connectivity index (χ0v) is 8.66. The minimum absolute atomic E-state index is 0.279. The highest BCUT2D eigenvalue weighted by atomic mass is 32.2. The van der Waals surface area contributed by atoms with Gasteiger partial charge in [-0.1, -0.05) is 0 Å². The number of carboxylic acids is 2. The van der Waals surface area contributed by atoms with Crippen LogP contribution in [-0.2, 0) is 19.4 Å². The maximum Gasteiger partial charge on any atom is 0.150 e. The second kappa shape index (κ2) is 4.18. The second-order valence-electron chi connectivity index (χ2n) is 3.75. The van der Waals surface area contributed by atoms with Crippen molar-refractivity contribution in [2.45, 2.75) is 12.8 Å². The molecule has 15 heavy (non-hydrogen) atoms. The molecule has 1 rings (SSSR count). The third kappa shape index (κ3) is 3.50. The first-order chi connectivity index (χ1) is 6.80. The van der Waals surface area contributed by atoms with Gasteiger partial charge in [-0.05, 0) is 24.7 Å². The van der Waals surface area contributed by atoms with Crippen LogP contribution < -0.4 is 10.2 Å². The monoisotopic (exact) mass is 234 g/mol. The van der Waals surface area contributed by atoms with Gasteiger partial charge in [0, 0.05) is 11.9 Å². The van der Waals surface area contributed by atoms with E-state index in [1.807, 2.05) is 0 Å². The van der Waals surface area contributed by atoms with Crippen LogP contribution in [0, 0.1) is 11.8 Å². The molecule has 0 aromatic rings. The number of hydrogen-bond donors (Lipinski definition) is 0. The molecule has 2 atom stereocenters. The number of rotatable bonds is 4. The lowest BCUT2D eigenvalue weighted by molar-refractivity contribution is -0.310. The number of sulfone groups is 1. The largest absolute Gasteiger partial charge is 0.550 e. The maximum atomic E-state index is 11.2. The molecule has 1 aliphatic heterocycles. The van der Waals surface area contributed by atoms with Crippen LogP contribution in [0.3, 0.4) is 0 Å². The lowest BCUT2D eigenvalue weighted by Gasteiger charge is -2.18. The average molecular weight is 234 g/mol. The molecular weight excluding hydrogens is 224 g/mol. The quantitative estimate of drug-likeness (QED) is 0.509. The zero-order valence-electron chi connectivity index (χ0n) is 7.84. The lowest BCUT2D eigenvalue weighted by Crippen LogP contribution is -2.31. The summed E-state index contributed by atoms with van der Waals surface area (Å²) in [7, 11) is -3.32. The summed E-state index contributed by atoms with van der Waals surface area (Å²) >= 11 is 0. The van der Waals surface area contributed by atoms with E-state index in [0.717, 1.165) is 0 Å². The van der Waals surface area contributed by atoms with Crippen molar-refractivity contribution in [3.05, 3.63) is 0 Å². The molecule has 86 valence electrons. The Morgan fingerprint density at radius 3 is 1.60 bits per heavy atom. The number of carboxylic acid groups (broad SMARTS) is 2. The Hall–Kier alpha value is -1.11. The summed E-state index contributed by atoms with van der Waals surface area (Å²) in [6, 6.07) is 0. The van der Waals surface area contributed by atoms with Crippen LogP contribution >= 0.6 is 0 Å². The van der Waals surface area contributed by atoms with E-state index in [1.54, 1.807) is 0 Å². The molecule has 0 radical (unpaired) electrons. The van der Waals surface area contributed by atoms with Gasteiger partial charge in [-0.2, -0.15) is 0 Å². The normalized spacial score (nSPS) is 28.8. The summed E-state index contributed by atoms with van der Waals surface area (Å²) in [5.74, 6) is -4.62. The van der Waals surface area contributed by atoms with Crippen molar-refractivity contribution in [2.24, 2.45) is 11.8 Å². The van der Waals surface area contributed by atoms with Crippen molar-refractivity contribution >= 4 is 21.8 Å². The van der Waals surface area contributed by atoms with Crippen molar-refractivity contribution in [3.63, 3.8) is 0 Å². The molecule has 0 spiro atoms. The molecule has 1 aliphatic rings. The fourth-order valence-corrected chi connectivity index (χ4v) is 4.09. The van der Waals surface area contributed by atoms with Crippen molar-refractivity contribution in [1.29, 1.82) is 0 Å². The third-order valence-electron chi connectivity index (χ3n) is 2.46. The summed E-state index contributed by atoms with van der Waals surface area (Å²) in [6.07, 6.45) is -0.839. The third-order valence-corrected chi connectivity index (χ3v) is 4.33. The summed E-state index contributed by atoms with van der Waals surface area (Å²) in [5, 5.41) is 20.7. The van der Waals surface area contributed by atoms with E-state index in [9.17, 15) is 28.2 Å². The predicted octanol–water partition coefficient (Wildman–Crippen LogP) is -3.07. The molecular formula is C8H10O6S-2. The van der Waals surface area contributed by atoms with Crippen LogP contribution in [-0.4, -0.2) is 31.9 Å². The molecule has 1 heterocycles. The van der Waals surface area contributed by atoms with Crippen molar-refractivity contribution < 1.29 is 28.2 Å². The van der Waals surface area contributed by atoms with Crippen molar-refractivity contribution in [1.82, 2.24) is 0 Å². The van der Waals surface area contributed by atoms with Gasteiger partial charge in [0.05, 0.1) is 11.5 Å². The van der Waals surface area contributed by atoms with Gasteiger partial charge in [-0.15, -0.1) is 0 Å². The fourth-order valence-electron chi connectivity index (χ4n) is 1.87. The first kappa shape index (κ1) is 12.0. The van der Waals surface area contributed by atoms with E-state index in [-0.39, 0.29) is 11.5 Å². The van der Waals surface area contributed by atoms with Gasteiger partial charge in [0.25, 0.3) is 0 Å². The van der Waals surface area contributed by atoms with Gasteiger partial charge < -0.3 is 19.8 Å². The molecule has 0 saturated carbocycles. The lowest BCUT2D eigenvalue weighted by atomic mass is 9.90. The molecule has 0 N–H and O–H groups in total. The molecule has 0 amide bonds. The first-order valence-electron chi connectivity index (χ1n) is 4.40. The van der Waals surface area contributed by atoms with Gasteiger partial charge in [0.1, 0.15) is 0 Å². The average Bonchev–Trinajstić information content (AvgIpc) is 2.22. The second-order valence-corrected chi connectivity index (χ2v) is 5.90. The van der Waals surface area contributed by atoms with E-state index < -0.39 is 46.5 Å². The molecule has 0 aromatic heterocycles. The van der Waals surface area contributed by atoms with Crippen LogP contribution in [0.25, 0.3) is 0 Å². The van der Waals surface area contributed by atoms with Gasteiger partial charge in [-0.3, -0.25) is 0 Å². The summed E-state index contributed by atoms with van der Waals surface area (Å²) in [6.45, 7) is 0. The summed E-state index contributed by atoms with van der Waals surface area (Å²) in [4.78, 5) is 20.7. The highest BCUT2D eigenvalue weighted by Gasteiger charge is 2.37. The molecule has 1 saturated heterocycles. The topological polar surface area (TPSA) is 114 Å². The van der Waals surface area contributed by atoms with E-state index in [1.165, 1.54) is 0 Å². The summed E-state index contributed by atoms with van der Waals surface area (Å²) in [5.41, 5.74) is 0.